The molecule has 1 saturated heterocycles. The zero-order chi connectivity index (χ0) is 18.7. The van der Waals surface area contributed by atoms with E-state index in [-0.39, 0.29) is 23.6 Å². The number of hydrogen-bond acceptors (Lipinski definition) is 6. The van der Waals surface area contributed by atoms with Crippen molar-refractivity contribution in [3.63, 3.8) is 0 Å². The number of morpholine rings is 1. The third kappa shape index (κ3) is 3.63. The number of aromatic nitrogens is 2. The molecule has 0 unspecified atom stereocenters. The Morgan fingerprint density at radius 1 is 1.50 bits per heavy atom. The van der Waals surface area contributed by atoms with E-state index in [1.807, 2.05) is 12.1 Å². The molecule has 1 aliphatic heterocycles. The van der Waals surface area contributed by atoms with Gasteiger partial charge in [-0.3, -0.25) is 4.79 Å². The fourth-order valence-corrected chi connectivity index (χ4v) is 3.15. The highest BCUT2D eigenvalue weighted by Crippen LogP contribution is 2.32. The molecule has 0 aliphatic carbocycles. The number of ether oxygens (including phenoxy) is 2. The van der Waals surface area contributed by atoms with Crippen molar-refractivity contribution < 1.29 is 14.3 Å². The van der Waals surface area contributed by atoms with Crippen LogP contribution in [0.3, 0.4) is 0 Å². The topological polar surface area (TPSA) is 90.6 Å². The van der Waals surface area contributed by atoms with E-state index in [0.29, 0.717) is 30.5 Å². The minimum atomic E-state index is -0.254. The standard InChI is InChI=1S/C18H19ClN4O3/c1-3-16(24)23-4-5-26-10-15(23)12-6-11(7-13(19)8-12)14-9-21-18(25-2)17(20)22-14/h3,6-9,15H,1,4-5,10H2,2H3,(H2,20,22)/t15-/m0/s1. The van der Waals surface area contributed by atoms with Gasteiger partial charge in [0.2, 0.25) is 5.91 Å². The van der Waals surface area contributed by atoms with Gasteiger partial charge in [0.1, 0.15) is 0 Å². The molecule has 2 N–H and O–H groups in total. The van der Waals surface area contributed by atoms with Crippen LogP contribution in [0.1, 0.15) is 11.6 Å². The van der Waals surface area contributed by atoms with Crippen LogP contribution < -0.4 is 10.5 Å². The molecule has 1 atom stereocenters. The molecular formula is C18H19ClN4O3. The molecule has 26 heavy (non-hydrogen) atoms. The van der Waals surface area contributed by atoms with Crippen molar-refractivity contribution in [2.24, 2.45) is 0 Å². The van der Waals surface area contributed by atoms with E-state index < -0.39 is 0 Å². The summed E-state index contributed by atoms with van der Waals surface area (Å²) in [7, 11) is 1.48. The number of amides is 1. The lowest BCUT2D eigenvalue weighted by Crippen LogP contribution is -2.42. The van der Waals surface area contributed by atoms with Gasteiger partial charge < -0.3 is 20.1 Å². The number of carbonyl (C=O) groups excluding carboxylic acids is 1. The highest BCUT2D eigenvalue weighted by Gasteiger charge is 2.28. The Bertz CT molecular complexity index is 843. The molecule has 0 saturated carbocycles. The molecule has 1 aliphatic rings. The Balaban J connectivity index is 2.00. The van der Waals surface area contributed by atoms with Crippen LogP contribution in [0.15, 0.2) is 37.1 Å². The molecule has 1 aromatic carbocycles. The molecule has 1 aromatic heterocycles. The smallest absolute Gasteiger partial charge is 0.256 e. The number of methoxy groups -OCH3 is 1. The third-order valence-electron chi connectivity index (χ3n) is 4.14. The minimum absolute atomic E-state index is 0.145. The van der Waals surface area contributed by atoms with E-state index in [0.717, 1.165) is 11.1 Å². The first-order valence-electron chi connectivity index (χ1n) is 8.01. The summed E-state index contributed by atoms with van der Waals surface area (Å²) in [4.78, 5) is 22.4. The first-order chi connectivity index (χ1) is 12.5. The lowest BCUT2D eigenvalue weighted by atomic mass is 10.0. The van der Waals surface area contributed by atoms with Gasteiger partial charge in [0.25, 0.3) is 5.88 Å². The van der Waals surface area contributed by atoms with Crippen molar-refractivity contribution in [2.45, 2.75) is 6.04 Å². The van der Waals surface area contributed by atoms with E-state index in [1.54, 1.807) is 17.2 Å². The zero-order valence-electron chi connectivity index (χ0n) is 14.3. The summed E-state index contributed by atoms with van der Waals surface area (Å²) in [5.41, 5.74) is 8.00. The van der Waals surface area contributed by atoms with Crippen LogP contribution in [-0.2, 0) is 9.53 Å². The highest BCUT2D eigenvalue weighted by atomic mass is 35.5. The molecule has 2 aromatic rings. The molecule has 7 nitrogen and oxygen atoms in total. The molecule has 1 fully saturated rings. The summed E-state index contributed by atoms with van der Waals surface area (Å²) in [6.45, 7) is 4.94. The van der Waals surface area contributed by atoms with Gasteiger partial charge in [-0.05, 0) is 29.8 Å². The van der Waals surface area contributed by atoms with Crippen LogP contribution >= 0.6 is 11.6 Å². The SMILES string of the molecule is C=CC(=O)N1CCOC[C@H]1c1cc(Cl)cc(-c2cnc(OC)c(N)n2)c1. The summed E-state index contributed by atoms with van der Waals surface area (Å²) in [6, 6.07) is 5.23. The van der Waals surface area contributed by atoms with Crippen LogP contribution in [0.5, 0.6) is 5.88 Å². The number of carbonyl (C=O) groups is 1. The van der Waals surface area contributed by atoms with Gasteiger partial charge in [-0.15, -0.1) is 0 Å². The molecule has 8 heteroatoms. The van der Waals surface area contributed by atoms with E-state index in [1.165, 1.54) is 13.2 Å². The number of nitrogens with zero attached hydrogens (tertiary/aromatic N) is 3. The van der Waals surface area contributed by atoms with Gasteiger partial charge in [0, 0.05) is 17.1 Å². The number of rotatable bonds is 4. The van der Waals surface area contributed by atoms with E-state index in [9.17, 15) is 4.79 Å². The molecule has 1 amide bonds. The van der Waals surface area contributed by atoms with Crippen molar-refractivity contribution in [1.29, 1.82) is 0 Å². The normalized spacial score (nSPS) is 17.0. The second-order valence-corrected chi connectivity index (χ2v) is 6.19. The Morgan fingerprint density at radius 3 is 3.00 bits per heavy atom. The maximum atomic E-state index is 12.2. The molecule has 0 spiro atoms. The van der Waals surface area contributed by atoms with Crippen molar-refractivity contribution in [3.8, 4) is 17.1 Å². The Labute approximate surface area is 156 Å². The Kier molecular flexibility index (Phi) is 5.39. The number of anilines is 1. The number of nitrogen functional groups attached to an aromatic ring is 1. The minimum Gasteiger partial charge on any atom is -0.478 e. The molecule has 2 heterocycles. The number of halogens is 1. The van der Waals surface area contributed by atoms with Crippen LogP contribution in [0.4, 0.5) is 5.82 Å². The van der Waals surface area contributed by atoms with Crippen LogP contribution in [-0.4, -0.2) is 47.6 Å². The van der Waals surface area contributed by atoms with E-state index in [2.05, 4.69) is 16.5 Å². The van der Waals surface area contributed by atoms with Crippen LogP contribution in [0, 0.1) is 0 Å². The third-order valence-corrected chi connectivity index (χ3v) is 4.36. The number of hydrogen-bond donors (Lipinski definition) is 1. The van der Waals surface area contributed by atoms with Crippen LogP contribution in [0.2, 0.25) is 5.02 Å². The van der Waals surface area contributed by atoms with Gasteiger partial charge in [-0.25, -0.2) is 9.97 Å². The lowest BCUT2D eigenvalue weighted by Gasteiger charge is -2.35. The van der Waals surface area contributed by atoms with Gasteiger partial charge in [0.05, 0.1) is 38.3 Å². The molecule has 3 rings (SSSR count). The molecule has 136 valence electrons. The van der Waals surface area contributed by atoms with Crippen molar-refractivity contribution >= 4 is 23.3 Å². The summed E-state index contributed by atoms with van der Waals surface area (Å²) in [5, 5.41) is 0.519. The average Bonchev–Trinajstić information content (AvgIpc) is 2.66. The molecular weight excluding hydrogens is 356 g/mol. The quantitative estimate of drug-likeness (QED) is 0.827. The predicted octanol–water partition coefficient (Wildman–Crippen LogP) is 2.47. The fraction of sp³-hybridized carbons (Fsp3) is 0.278. The summed E-state index contributed by atoms with van der Waals surface area (Å²) >= 11 is 6.31. The summed E-state index contributed by atoms with van der Waals surface area (Å²) < 4.78 is 10.6. The highest BCUT2D eigenvalue weighted by molar-refractivity contribution is 6.31. The maximum Gasteiger partial charge on any atom is 0.256 e. The first kappa shape index (κ1) is 18.2. The first-order valence-corrected chi connectivity index (χ1v) is 8.39. The molecule has 0 radical (unpaired) electrons. The summed E-state index contributed by atoms with van der Waals surface area (Å²) in [6.07, 6.45) is 2.87. The number of nitrogens with two attached hydrogens (primary N) is 1. The predicted molar refractivity (Wildman–Crippen MR) is 98.9 cm³/mol. The van der Waals surface area contributed by atoms with Crippen molar-refractivity contribution in [3.05, 3.63) is 47.6 Å². The van der Waals surface area contributed by atoms with Crippen LogP contribution in [0.25, 0.3) is 11.3 Å². The molecule has 0 bridgehead atoms. The largest absolute Gasteiger partial charge is 0.478 e. The van der Waals surface area contributed by atoms with E-state index >= 15 is 0 Å². The average molecular weight is 375 g/mol. The lowest BCUT2D eigenvalue weighted by molar-refractivity contribution is -0.134. The number of benzene rings is 1. The van der Waals surface area contributed by atoms with Gasteiger partial charge >= 0.3 is 0 Å². The second kappa shape index (κ2) is 7.72. The summed E-state index contributed by atoms with van der Waals surface area (Å²) in [5.74, 6) is 0.309. The van der Waals surface area contributed by atoms with Gasteiger partial charge in [-0.1, -0.05) is 18.2 Å². The maximum absolute atomic E-state index is 12.2. The fourth-order valence-electron chi connectivity index (χ4n) is 2.90. The van der Waals surface area contributed by atoms with Gasteiger partial charge in [0.15, 0.2) is 5.82 Å². The van der Waals surface area contributed by atoms with Crippen molar-refractivity contribution in [1.82, 2.24) is 14.9 Å². The Morgan fingerprint density at radius 2 is 2.31 bits per heavy atom. The van der Waals surface area contributed by atoms with E-state index in [4.69, 9.17) is 26.8 Å². The van der Waals surface area contributed by atoms with Gasteiger partial charge in [-0.2, -0.15) is 0 Å². The van der Waals surface area contributed by atoms with Crippen molar-refractivity contribution in [2.75, 3.05) is 32.6 Å². The second-order valence-electron chi connectivity index (χ2n) is 5.75. The zero-order valence-corrected chi connectivity index (χ0v) is 15.1. The Hall–Kier alpha value is -2.64. The monoisotopic (exact) mass is 374 g/mol.